The third kappa shape index (κ3) is 2.88. The molecule has 1 saturated carbocycles. The van der Waals surface area contributed by atoms with E-state index in [0.29, 0.717) is 5.75 Å². The van der Waals surface area contributed by atoms with Gasteiger partial charge in [-0.15, -0.1) is 0 Å². The predicted molar refractivity (Wildman–Crippen MR) is 77.0 cm³/mol. The van der Waals surface area contributed by atoms with Gasteiger partial charge in [0.05, 0.1) is 0 Å². The summed E-state index contributed by atoms with van der Waals surface area (Å²) in [6.45, 7) is 2.26. The van der Waals surface area contributed by atoms with Gasteiger partial charge in [0.15, 0.2) is 0 Å². The van der Waals surface area contributed by atoms with Crippen LogP contribution in [0.4, 0.5) is 0 Å². The molecule has 1 heteroatoms. The minimum atomic E-state index is 0.263. The lowest BCUT2D eigenvalue weighted by atomic mass is 9.66. The van der Waals surface area contributed by atoms with Crippen molar-refractivity contribution in [2.45, 2.75) is 70.1 Å². The first-order chi connectivity index (χ1) is 8.78. The van der Waals surface area contributed by atoms with Crippen molar-refractivity contribution in [3.63, 3.8) is 0 Å². The zero-order valence-corrected chi connectivity index (χ0v) is 11.6. The maximum absolute atomic E-state index is 10.2. The summed E-state index contributed by atoms with van der Waals surface area (Å²) in [5.41, 5.74) is 1.47. The molecule has 0 amide bonds. The minimum Gasteiger partial charge on any atom is -0.508 e. The van der Waals surface area contributed by atoms with Gasteiger partial charge in [-0.3, -0.25) is 0 Å². The molecule has 1 nitrogen and oxygen atoms in total. The summed E-state index contributed by atoms with van der Waals surface area (Å²) in [4.78, 5) is 0. The van der Waals surface area contributed by atoms with Gasteiger partial charge in [-0.1, -0.05) is 63.6 Å². The smallest absolute Gasteiger partial charge is 0.119 e. The molecule has 0 aliphatic heterocycles. The molecule has 0 radical (unpaired) electrons. The summed E-state index contributed by atoms with van der Waals surface area (Å²) in [6, 6.07) is 8.00. The van der Waals surface area contributed by atoms with Crippen LogP contribution in [0, 0.1) is 0 Å². The minimum absolute atomic E-state index is 0.263. The molecule has 100 valence electrons. The highest BCUT2D eigenvalue weighted by Gasteiger charge is 2.34. The Morgan fingerprint density at radius 3 is 2.44 bits per heavy atom. The summed E-state index contributed by atoms with van der Waals surface area (Å²) in [5, 5.41) is 10.2. The third-order valence-corrected chi connectivity index (χ3v) is 4.54. The molecule has 0 aromatic heterocycles. The van der Waals surface area contributed by atoms with Crippen LogP contribution in [0.3, 0.4) is 0 Å². The Kier molecular flexibility index (Phi) is 4.68. The molecule has 2 rings (SSSR count). The summed E-state index contributed by atoms with van der Waals surface area (Å²) < 4.78 is 0. The van der Waals surface area contributed by atoms with Gasteiger partial charge < -0.3 is 5.11 Å². The van der Waals surface area contributed by atoms with Gasteiger partial charge in [0, 0.05) is 5.56 Å². The fraction of sp³-hybridized carbons (Fsp3) is 0.647. The molecule has 0 bridgehead atoms. The Labute approximate surface area is 111 Å². The van der Waals surface area contributed by atoms with Crippen LogP contribution >= 0.6 is 0 Å². The summed E-state index contributed by atoms with van der Waals surface area (Å²) in [6.07, 6.45) is 11.7. The lowest BCUT2D eigenvalue weighted by molar-refractivity contribution is 0.258. The second-order valence-electron chi connectivity index (χ2n) is 5.82. The monoisotopic (exact) mass is 246 g/mol. The Balaban J connectivity index is 2.21. The van der Waals surface area contributed by atoms with Crippen LogP contribution < -0.4 is 0 Å². The van der Waals surface area contributed by atoms with Crippen LogP contribution in [-0.2, 0) is 5.41 Å². The van der Waals surface area contributed by atoms with Crippen molar-refractivity contribution in [1.82, 2.24) is 0 Å². The molecule has 0 heterocycles. The SMILES string of the molecule is CCCCCC1(c2ccccc2O)CCCCC1. The fourth-order valence-corrected chi connectivity index (χ4v) is 3.52. The van der Waals surface area contributed by atoms with Crippen molar-refractivity contribution < 1.29 is 5.11 Å². The number of aromatic hydroxyl groups is 1. The van der Waals surface area contributed by atoms with E-state index < -0.39 is 0 Å². The zero-order chi connectivity index (χ0) is 12.8. The first-order valence-electron chi connectivity index (χ1n) is 7.57. The summed E-state index contributed by atoms with van der Waals surface area (Å²) in [7, 11) is 0. The molecule has 1 N–H and O–H groups in total. The molecule has 0 spiro atoms. The predicted octanol–water partition coefficient (Wildman–Crippen LogP) is 5.17. The number of para-hydroxylation sites is 1. The van der Waals surface area contributed by atoms with E-state index in [1.54, 1.807) is 0 Å². The van der Waals surface area contributed by atoms with E-state index in [-0.39, 0.29) is 5.41 Å². The van der Waals surface area contributed by atoms with Crippen LogP contribution in [0.1, 0.15) is 70.3 Å². The van der Waals surface area contributed by atoms with Crippen molar-refractivity contribution in [2.75, 3.05) is 0 Å². The molecular weight excluding hydrogens is 220 g/mol. The lowest BCUT2D eigenvalue weighted by Crippen LogP contribution is -2.29. The first kappa shape index (κ1) is 13.5. The lowest BCUT2D eigenvalue weighted by Gasteiger charge is -2.38. The zero-order valence-electron chi connectivity index (χ0n) is 11.6. The maximum atomic E-state index is 10.2. The number of unbranched alkanes of at least 4 members (excludes halogenated alkanes) is 2. The number of hydrogen-bond donors (Lipinski definition) is 1. The molecule has 1 fully saturated rings. The number of hydrogen-bond acceptors (Lipinski definition) is 1. The topological polar surface area (TPSA) is 20.2 Å². The molecule has 1 aromatic carbocycles. The Morgan fingerprint density at radius 1 is 1.06 bits per heavy atom. The quantitative estimate of drug-likeness (QED) is 0.710. The number of phenolic OH excluding ortho intramolecular Hbond substituents is 1. The van der Waals surface area contributed by atoms with Gasteiger partial charge in [-0.2, -0.15) is 0 Å². The molecule has 0 saturated heterocycles. The molecule has 1 aromatic rings. The van der Waals surface area contributed by atoms with Gasteiger partial charge in [0.25, 0.3) is 0 Å². The molecular formula is C17H26O. The molecule has 1 aliphatic carbocycles. The van der Waals surface area contributed by atoms with Gasteiger partial charge in [-0.25, -0.2) is 0 Å². The van der Waals surface area contributed by atoms with E-state index in [1.165, 1.54) is 63.4 Å². The highest BCUT2D eigenvalue weighted by molar-refractivity contribution is 5.38. The molecule has 0 unspecified atom stereocenters. The third-order valence-electron chi connectivity index (χ3n) is 4.54. The van der Waals surface area contributed by atoms with Gasteiger partial charge in [0.2, 0.25) is 0 Å². The second kappa shape index (κ2) is 6.26. The van der Waals surface area contributed by atoms with Crippen molar-refractivity contribution in [2.24, 2.45) is 0 Å². The average Bonchev–Trinajstić information content (AvgIpc) is 2.40. The van der Waals surface area contributed by atoms with E-state index in [1.807, 2.05) is 12.1 Å². The number of benzene rings is 1. The highest BCUT2D eigenvalue weighted by atomic mass is 16.3. The highest BCUT2D eigenvalue weighted by Crippen LogP contribution is 2.46. The van der Waals surface area contributed by atoms with E-state index >= 15 is 0 Å². The molecule has 0 atom stereocenters. The molecule has 18 heavy (non-hydrogen) atoms. The van der Waals surface area contributed by atoms with Crippen LogP contribution in [0.5, 0.6) is 5.75 Å². The van der Waals surface area contributed by atoms with Crippen LogP contribution in [0.2, 0.25) is 0 Å². The summed E-state index contributed by atoms with van der Waals surface area (Å²) in [5.74, 6) is 0.510. The summed E-state index contributed by atoms with van der Waals surface area (Å²) >= 11 is 0. The van der Waals surface area contributed by atoms with Crippen LogP contribution in [-0.4, -0.2) is 5.11 Å². The van der Waals surface area contributed by atoms with E-state index in [9.17, 15) is 5.11 Å². The van der Waals surface area contributed by atoms with Crippen molar-refractivity contribution in [1.29, 1.82) is 0 Å². The van der Waals surface area contributed by atoms with Crippen molar-refractivity contribution in [3.8, 4) is 5.75 Å². The second-order valence-corrected chi connectivity index (χ2v) is 5.82. The van der Waals surface area contributed by atoms with E-state index in [4.69, 9.17) is 0 Å². The number of rotatable bonds is 5. The standard InChI is InChI=1S/C17H26O/c1-2-3-7-12-17(13-8-4-9-14-17)15-10-5-6-11-16(15)18/h5-6,10-11,18H,2-4,7-9,12-14H2,1H3. The van der Waals surface area contributed by atoms with E-state index in [2.05, 4.69) is 19.1 Å². The van der Waals surface area contributed by atoms with Gasteiger partial charge >= 0.3 is 0 Å². The van der Waals surface area contributed by atoms with Gasteiger partial charge in [0.1, 0.15) is 5.75 Å². The average molecular weight is 246 g/mol. The van der Waals surface area contributed by atoms with E-state index in [0.717, 1.165) is 0 Å². The molecule has 1 aliphatic rings. The van der Waals surface area contributed by atoms with Crippen molar-refractivity contribution in [3.05, 3.63) is 29.8 Å². The van der Waals surface area contributed by atoms with Crippen LogP contribution in [0.15, 0.2) is 24.3 Å². The Hall–Kier alpha value is -0.980. The van der Waals surface area contributed by atoms with Gasteiger partial charge in [-0.05, 0) is 30.7 Å². The first-order valence-corrected chi connectivity index (χ1v) is 7.57. The largest absolute Gasteiger partial charge is 0.508 e. The Morgan fingerprint density at radius 2 is 1.78 bits per heavy atom. The van der Waals surface area contributed by atoms with Crippen LogP contribution in [0.25, 0.3) is 0 Å². The fourth-order valence-electron chi connectivity index (χ4n) is 3.52. The van der Waals surface area contributed by atoms with Crippen molar-refractivity contribution >= 4 is 0 Å². The maximum Gasteiger partial charge on any atom is 0.119 e. The number of phenols is 1. The normalized spacial score (nSPS) is 18.7. The Bertz CT molecular complexity index is 364.